The van der Waals surface area contributed by atoms with Gasteiger partial charge in [-0.1, -0.05) is 11.6 Å². The maximum absolute atomic E-state index is 14.2. The van der Waals surface area contributed by atoms with Gasteiger partial charge in [0, 0.05) is 32.2 Å². The van der Waals surface area contributed by atoms with Gasteiger partial charge >= 0.3 is 6.09 Å². The molecule has 0 aromatic heterocycles. The van der Waals surface area contributed by atoms with Crippen molar-refractivity contribution in [2.75, 3.05) is 31.1 Å². The number of benzene rings is 1. The molecule has 0 saturated carbocycles. The number of hydrogen-bond acceptors (Lipinski definition) is 3. The molecule has 2 aliphatic heterocycles. The molecule has 0 atom stereocenters. The molecule has 2 heterocycles. The molecule has 4 nitrogen and oxygen atoms in total. The first-order valence-corrected chi connectivity index (χ1v) is 9.84. The lowest BCUT2D eigenvalue weighted by molar-refractivity contribution is 0.00664. The van der Waals surface area contributed by atoms with Crippen LogP contribution in [0, 0.1) is 17.0 Å². The second-order valence-electron chi connectivity index (χ2n) is 8.67. The topological polar surface area (TPSA) is 32.8 Å². The van der Waals surface area contributed by atoms with E-state index in [0.717, 1.165) is 31.7 Å². The summed E-state index contributed by atoms with van der Waals surface area (Å²) in [6, 6.07) is 2.22. The van der Waals surface area contributed by atoms with Gasteiger partial charge in [0.05, 0.1) is 10.7 Å². The fourth-order valence-corrected chi connectivity index (χ4v) is 4.12. The molecule has 27 heavy (non-hydrogen) atoms. The van der Waals surface area contributed by atoms with Crippen LogP contribution in [0.25, 0.3) is 0 Å². The fourth-order valence-electron chi connectivity index (χ4n) is 3.97. The van der Waals surface area contributed by atoms with Crippen LogP contribution < -0.4 is 4.90 Å². The Morgan fingerprint density at radius 3 is 2.15 bits per heavy atom. The van der Waals surface area contributed by atoms with Crippen molar-refractivity contribution in [3.63, 3.8) is 0 Å². The van der Waals surface area contributed by atoms with Gasteiger partial charge in [0.25, 0.3) is 0 Å². The highest BCUT2D eigenvalue weighted by Crippen LogP contribution is 2.43. The number of rotatable bonds is 1. The van der Waals surface area contributed by atoms with Crippen LogP contribution in [0.3, 0.4) is 0 Å². The predicted molar refractivity (Wildman–Crippen MR) is 102 cm³/mol. The third-order valence-corrected chi connectivity index (χ3v) is 5.92. The number of likely N-dealkylation sites (tertiary alicyclic amines) is 1. The zero-order valence-electron chi connectivity index (χ0n) is 16.2. The van der Waals surface area contributed by atoms with Gasteiger partial charge in [-0.25, -0.2) is 13.6 Å². The minimum Gasteiger partial charge on any atom is -0.444 e. The van der Waals surface area contributed by atoms with Crippen molar-refractivity contribution in [2.24, 2.45) is 5.41 Å². The van der Waals surface area contributed by atoms with Crippen molar-refractivity contribution in [3.05, 3.63) is 28.8 Å². The monoisotopic (exact) mass is 400 g/mol. The Hall–Kier alpha value is -1.56. The third-order valence-electron chi connectivity index (χ3n) is 5.63. The van der Waals surface area contributed by atoms with Crippen molar-refractivity contribution in [3.8, 4) is 0 Å². The van der Waals surface area contributed by atoms with Crippen LogP contribution in [0.1, 0.15) is 46.5 Å². The van der Waals surface area contributed by atoms with Crippen LogP contribution in [0.5, 0.6) is 0 Å². The van der Waals surface area contributed by atoms with E-state index in [0.29, 0.717) is 26.2 Å². The van der Waals surface area contributed by atoms with E-state index < -0.39 is 17.2 Å². The Labute approximate surface area is 164 Å². The van der Waals surface area contributed by atoms with E-state index in [4.69, 9.17) is 16.3 Å². The molecule has 1 spiro atoms. The molecule has 0 bridgehead atoms. The predicted octanol–water partition coefficient (Wildman–Crippen LogP) is 5.24. The van der Waals surface area contributed by atoms with Crippen LogP contribution in [-0.4, -0.2) is 42.8 Å². The van der Waals surface area contributed by atoms with E-state index in [1.54, 1.807) is 4.90 Å². The van der Waals surface area contributed by atoms with Gasteiger partial charge in [-0.3, -0.25) is 0 Å². The van der Waals surface area contributed by atoms with Crippen molar-refractivity contribution < 1.29 is 18.3 Å². The fraction of sp³-hybridized carbons (Fsp3) is 0.650. The average molecular weight is 401 g/mol. The molecule has 1 aromatic rings. The van der Waals surface area contributed by atoms with Crippen molar-refractivity contribution in [2.45, 2.75) is 52.1 Å². The second kappa shape index (κ2) is 7.46. The summed E-state index contributed by atoms with van der Waals surface area (Å²) in [7, 11) is 0. The van der Waals surface area contributed by atoms with Crippen molar-refractivity contribution in [1.82, 2.24) is 4.90 Å². The molecule has 0 unspecified atom stereocenters. The Morgan fingerprint density at radius 2 is 1.59 bits per heavy atom. The maximum Gasteiger partial charge on any atom is 0.410 e. The lowest BCUT2D eigenvalue weighted by Gasteiger charge is -2.47. The summed E-state index contributed by atoms with van der Waals surface area (Å²) in [5, 5.41) is -0.195. The first-order valence-electron chi connectivity index (χ1n) is 9.46. The van der Waals surface area contributed by atoms with Crippen LogP contribution in [-0.2, 0) is 4.74 Å². The summed E-state index contributed by atoms with van der Waals surface area (Å²) >= 11 is 5.64. The summed E-state index contributed by atoms with van der Waals surface area (Å²) in [4.78, 5) is 15.9. The van der Waals surface area contributed by atoms with Gasteiger partial charge < -0.3 is 14.5 Å². The summed E-state index contributed by atoms with van der Waals surface area (Å²) < 4.78 is 33.3. The normalized spacial score (nSPS) is 20.1. The Balaban J connectivity index is 1.57. The van der Waals surface area contributed by atoms with Crippen LogP contribution in [0.4, 0.5) is 19.3 Å². The number of nitrogens with zero attached hydrogens (tertiary/aromatic N) is 2. The highest BCUT2D eigenvalue weighted by Gasteiger charge is 2.39. The standard InChI is InChI=1S/C20H27ClF2N2O2/c1-19(2,3)27-18(26)25-10-6-20(7-11-25)4-8-24(9-5-20)17-13-15(22)14(21)12-16(17)23/h12-13H,4-11H2,1-3H3. The molecule has 0 N–H and O–H groups in total. The second-order valence-corrected chi connectivity index (χ2v) is 9.08. The summed E-state index contributed by atoms with van der Waals surface area (Å²) in [6.45, 7) is 8.30. The Bertz CT molecular complexity index is 703. The smallest absolute Gasteiger partial charge is 0.410 e. The molecule has 3 rings (SSSR count). The van der Waals surface area contributed by atoms with E-state index in [-0.39, 0.29) is 22.2 Å². The molecule has 1 aromatic carbocycles. The van der Waals surface area contributed by atoms with E-state index >= 15 is 0 Å². The van der Waals surface area contributed by atoms with Crippen LogP contribution in [0.15, 0.2) is 12.1 Å². The van der Waals surface area contributed by atoms with E-state index in [1.165, 1.54) is 6.07 Å². The number of ether oxygens (including phenoxy) is 1. The Kier molecular flexibility index (Phi) is 5.57. The van der Waals surface area contributed by atoms with Crippen molar-refractivity contribution in [1.29, 1.82) is 0 Å². The largest absolute Gasteiger partial charge is 0.444 e. The average Bonchev–Trinajstić information content (AvgIpc) is 2.58. The number of piperidine rings is 2. The maximum atomic E-state index is 14.2. The van der Waals surface area contributed by atoms with Crippen molar-refractivity contribution >= 4 is 23.4 Å². The molecule has 0 aliphatic carbocycles. The summed E-state index contributed by atoms with van der Waals surface area (Å²) in [5.74, 6) is -1.09. The quantitative estimate of drug-likeness (QED) is 0.604. The minimum absolute atomic E-state index is 0.163. The summed E-state index contributed by atoms with van der Waals surface area (Å²) in [6.07, 6.45) is 3.38. The molecular weight excluding hydrogens is 374 g/mol. The lowest BCUT2D eigenvalue weighted by Crippen LogP contribution is -2.49. The first kappa shape index (κ1) is 20.2. The zero-order valence-corrected chi connectivity index (χ0v) is 16.9. The molecule has 150 valence electrons. The molecule has 2 saturated heterocycles. The minimum atomic E-state index is -0.598. The molecular formula is C20H27ClF2N2O2. The third kappa shape index (κ3) is 4.65. The van der Waals surface area contributed by atoms with Gasteiger partial charge in [0.15, 0.2) is 0 Å². The van der Waals surface area contributed by atoms with Gasteiger partial charge in [-0.05, 0) is 57.9 Å². The highest BCUT2D eigenvalue weighted by molar-refractivity contribution is 6.30. The molecule has 0 radical (unpaired) electrons. The number of carbonyl (C=O) groups excluding carboxylic acids is 1. The molecule has 7 heteroatoms. The van der Waals surface area contributed by atoms with E-state index in [9.17, 15) is 13.6 Å². The number of hydrogen-bond donors (Lipinski definition) is 0. The highest BCUT2D eigenvalue weighted by atomic mass is 35.5. The number of halogens is 3. The SMILES string of the molecule is CC(C)(C)OC(=O)N1CCC2(CC1)CCN(c1cc(F)c(Cl)cc1F)CC2. The number of carbonyl (C=O) groups is 1. The van der Waals surface area contributed by atoms with E-state index in [1.807, 2.05) is 25.7 Å². The number of amides is 1. The zero-order chi connectivity index (χ0) is 19.8. The lowest BCUT2D eigenvalue weighted by atomic mass is 9.71. The Morgan fingerprint density at radius 1 is 1.04 bits per heavy atom. The van der Waals surface area contributed by atoms with Crippen LogP contribution >= 0.6 is 11.6 Å². The molecule has 2 aliphatic rings. The molecule has 2 fully saturated rings. The summed E-state index contributed by atoms with van der Waals surface area (Å²) in [5.41, 5.74) is -0.0516. The van der Waals surface area contributed by atoms with E-state index in [2.05, 4.69) is 0 Å². The van der Waals surface area contributed by atoms with Gasteiger partial charge in [-0.15, -0.1) is 0 Å². The number of anilines is 1. The van der Waals surface area contributed by atoms with Gasteiger partial charge in [0.2, 0.25) is 0 Å². The van der Waals surface area contributed by atoms with Gasteiger partial charge in [0.1, 0.15) is 17.2 Å². The van der Waals surface area contributed by atoms with Gasteiger partial charge in [-0.2, -0.15) is 0 Å². The molecule has 1 amide bonds. The first-order chi connectivity index (χ1) is 12.6. The van der Waals surface area contributed by atoms with Crippen LogP contribution in [0.2, 0.25) is 5.02 Å².